The second-order valence-electron chi connectivity index (χ2n) is 1.71. The van der Waals surface area contributed by atoms with Crippen molar-refractivity contribution in [3.8, 4) is 6.07 Å². The van der Waals surface area contributed by atoms with Gasteiger partial charge in [-0.25, -0.2) is 0 Å². The smallest absolute Gasteiger partial charge is 0.234 e. The summed E-state index contributed by atoms with van der Waals surface area (Å²) in [5.74, 6) is -0.551. The van der Waals surface area contributed by atoms with Crippen LogP contribution in [0.3, 0.4) is 0 Å². The Kier molecular flexibility index (Phi) is 3.40. The van der Waals surface area contributed by atoms with E-state index < -0.39 is 11.9 Å². The average molecular weight is 127 g/mol. The van der Waals surface area contributed by atoms with Gasteiger partial charge in [0.2, 0.25) is 5.91 Å². The van der Waals surface area contributed by atoms with Crippen LogP contribution in [0, 0.1) is 11.3 Å². The molecule has 4 heteroatoms. The number of amides is 1. The summed E-state index contributed by atoms with van der Waals surface area (Å²) >= 11 is 0. The van der Waals surface area contributed by atoms with E-state index in [9.17, 15) is 4.79 Å². The molecule has 0 heterocycles. The van der Waals surface area contributed by atoms with E-state index >= 15 is 0 Å². The predicted octanol–water partition coefficient (Wildman–Crippen LogP) is -0.897. The van der Waals surface area contributed by atoms with Crippen LogP contribution in [0.25, 0.3) is 0 Å². The lowest BCUT2D eigenvalue weighted by Crippen LogP contribution is -2.36. The molecule has 0 rings (SSSR count). The van der Waals surface area contributed by atoms with E-state index in [1.54, 1.807) is 0 Å². The molecule has 0 aromatic heterocycles. The third kappa shape index (κ3) is 3.50. The molecule has 4 nitrogen and oxygen atoms in total. The van der Waals surface area contributed by atoms with E-state index in [0.717, 1.165) is 0 Å². The van der Waals surface area contributed by atoms with Crippen LogP contribution in [0.5, 0.6) is 0 Å². The highest BCUT2D eigenvalue weighted by molar-refractivity contribution is 5.79. The van der Waals surface area contributed by atoms with Gasteiger partial charge in [-0.05, 0) is 6.42 Å². The second-order valence-corrected chi connectivity index (χ2v) is 1.71. The van der Waals surface area contributed by atoms with E-state index in [1.807, 2.05) is 6.07 Å². The van der Waals surface area contributed by atoms with Crippen LogP contribution < -0.4 is 11.5 Å². The number of primary amides is 1. The summed E-state index contributed by atoms with van der Waals surface area (Å²) in [4.78, 5) is 10.2. The van der Waals surface area contributed by atoms with Crippen LogP contribution >= 0.6 is 0 Å². The van der Waals surface area contributed by atoms with Crippen molar-refractivity contribution in [1.29, 1.82) is 5.26 Å². The Morgan fingerprint density at radius 2 is 2.33 bits per heavy atom. The highest BCUT2D eigenvalue weighted by Gasteiger charge is 2.06. The molecule has 0 aliphatic rings. The molecule has 1 atom stereocenters. The monoisotopic (exact) mass is 127 g/mol. The molecule has 0 aliphatic carbocycles. The fraction of sp³-hybridized carbons (Fsp3) is 0.600. The minimum absolute atomic E-state index is 0.282. The van der Waals surface area contributed by atoms with Crippen LogP contribution in [0.15, 0.2) is 0 Å². The minimum Gasteiger partial charge on any atom is -0.368 e. The van der Waals surface area contributed by atoms with E-state index in [1.165, 1.54) is 0 Å². The summed E-state index contributed by atoms with van der Waals surface area (Å²) in [5, 5.41) is 8.04. The van der Waals surface area contributed by atoms with Crippen molar-refractivity contribution in [3.63, 3.8) is 0 Å². The number of nitriles is 1. The van der Waals surface area contributed by atoms with Crippen molar-refractivity contribution in [2.24, 2.45) is 11.5 Å². The molecule has 0 fully saturated rings. The maximum absolute atomic E-state index is 10.2. The number of nitrogens with two attached hydrogens (primary N) is 2. The molecule has 1 amide bonds. The largest absolute Gasteiger partial charge is 0.368 e. The third-order valence-corrected chi connectivity index (χ3v) is 0.933. The molecule has 0 aliphatic heterocycles. The molecule has 4 N–H and O–H groups in total. The van der Waals surface area contributed by atoms with Gasteiger partial charge in [0.25, 0.3) is 0 Å². The number of nitrogens with zero attached hydrogens (tertiary/aromatic N) is 1. The van der Waals surface area contributed by atoms with Crippen molar-refractivity contribution < 1.29 is 4.79 Å². The lowest BCUT2D eigenvalue weighted by Gasteiger charge is -2.01. The zero-order valence-electron chi connectivity index (χ0n) is 5.00. The highest BCUT2D eigenvalue weighted by Crippen LogP contribution is 1.90. The van der Waals surface area contributed by atoms with Gasteiger partial charge in [-0.1, -0.05) is 0 Å². The van der Waals surface area contributed by atoms with E-state index in [4.69, 9.17) is 16.7 Å². The Balaban J connectivity index is 3.41. The maximum Gasteiger partial charge on any atom is 0.234 e. The summed E-state index contributed by atoms with van der Waals surface area (Å²) in [5.41, 5.74) is 9.98. The predicted molar refractivity (Wildman–Crippen MR) is 32.0 cm³/mol. The van der Waals surface area contributed by atoms with Crippen molar-refractivity contribution >= 4 is 5.91 Å². The maximum atomic E-state index is 10.2. The quantitative estimate of drug-likeness (QED) is 0.514. The van der Waals surface area contributed by atoms with Crippen LogP contribution in [0.4, 0.5) is 0 Å². The van der Waals surface area contributed by atoms with Gasteiger partial charge in [0.1, 0.15) is 0 Å². The lowest BCUT2D eigenvalue weighted by molar-refractivity contribution is -0.119. The third-order valence-electron chi connectivity index (χ3n) is 0.933. The molecule has 0 radical (unpaired) electrons. The number of hydrogen-bond donors (Lipinski definition) is 2. The average Bonchev–Trinajstić information content (AvgIpc) is 1.82. The van der Waals surface area contributed by atoms with Gasteiger partial charge < -0.3 is 11.5 Å². The molecule has 0 saturated carbocycles. The molecule has 0 spiro atoms. The summed E-state index contributed by atoms with van der Waals surface area (Å²) in [6.45, 7) is 0. The molecule has 0 bridgehead atoms. The molecule has 9 heavy (non-hydrogen) atoms. The van der Waals surface area contributed by atoms with Crippen molar-refractivity contribution in [3.05, 3.63) is 0 Å². The second kappa shape index (κ2) is 3.87. The molecular weight excluding hydrogens is 118 g/mol. The number of rotatable bonds is 3. The topological polar surface area (TPSA) is 92.9 Å². The molecule has 0 saturated heterocycles. The molecule has 0 aromatic rings. The van der Waals surface area contributed by atoms with E-state index in [2.05, 4.69) is 0 Å². The Labute approximate surface area is 53.4 Å². The van der Waals surface area contributed by atoms with E-state index in [-0.39, 0.29) is 6.42 Å². The van der Waals surface area contributed by atoms with Crippen molar-refractivity contribution in [2.45, 2.75) is 18.9 Å². The van der Waals surface area contributed by atoms with Crippen molar-refractivity contribution in [2.75, 3.05) is 0 Å². The zero-order chi connectivity index (χ0) is 7.28. The van der Waals surface area contributed by atoms with Crippen LogP contribution in [-0.2, 0) is 4.79 Å². The fourth-order valence-electron chi connectivity index (χ4n) is 0.362. The van der Waals surface area contributed by atoms with Crippen LogP contribution in [0.2, 0.25) is 0 Å². The Bertz CT molecular complexity index is 138. The fourth-order valence-corrected chi connectivity index (χ4v) is 0.362. The molecule has 50 valence electrons. The first kappa shape index (κ1) is 7.92. The zero-order valence-corrected chi connectivity index (χ0v) is 5.00. The van der Waals surface area contributed by atoms with Gasteiger partial charge in [0.15, 0.2) is 0 Å². The SMILES string of the molecule is N#CCCC(N)C(N)=O. The van der Waals surface area contributed by atoms with E-state index in [0.29, 0.717) is 6.42 Å². The normalized spacial score (nSPS) is 12.0. The van der Waals surface area contributed by atoms with Crippen molar-refractivity contribution in [1.82, 2.24) is 0 Å². The first-order chi connectivity index (χ1) is 4.18. The van der Waals surface area contributed by atoms with Gasteiger partial charge in [0, 0.05) is 6.42 Å². The summed E-state index contributed by atoms with van der Waals surface area (Å²) in [7, 11) is 0. The number of carbonyl (C=O) groups is 1. The standard InChI is InChI=1S/C5H9N3O/c6-3-1-2-4(7)5(8)9/h4H,1-2,7H2,(H2,8,9). The van der Waals surface area contributed by atoms with Gasteiger partial charge in [-0.3, -0.25) is 4.79 Å². The van der Waals surface area contributed by atoms with Crippen LogP contribution in [-0.4, -0.2) is 11.9 Å². The summed E-state index contributed by atoms with van der Waals surface area (Å²) in [6.07, 6.45) is 0.635. The molecule has 1 unspecified atom stereocenters. The first-order valence-electron chi connectivity index (χ1n) is 2.60. The summed E-state index contributed by atoms with van der Waals surface area (Å²) in [6, 6.07) is 1.20. The van der Waals surface area contributed by atoms with Gasteiger partial charge in [-0.2, -0.15) is 5.26 Å². The first-order valence-corrected chi connectivity index (χ1v) is 2.60. The van der Waals surface area contributed by atoms with Gasteiger partial charge in [0.05, 0.1) is 12.1 Å². The Morgan fingerprint density at radius 1 is 1.78 bits per heavy atom. The van der Waals surface area contributed by atoms with Gasteiger partial charge in [-0.15, -0.1) is 0 Å². The van der Waals surface area contributed by atoms with Crippen LogP contribution in [0.1, 0.15) is 12.8 Å². The highest BCUT2D eigenvalue weighted by atomic mass is 16.1. The molecule has 0 aromatic carbocycles. The van der Waals surface area contributed by atoms with Gasteiger partial charge >= 0.3 is 0 Å². The minimum atomic E-state index is -0.662. The Morgan fingerprint density at radius 3 is 2.67 bits per heavy atom. The lowest BCUT2D eigenvalue weighted by atomic mass is 10.2. The summed E-state index contributed by atoms with van der Waals surface area (Å²) < 4.78 is 0. The number of hydrogen-bond acceptors (Lipinski definition) is 3. The number of carbonyl (C=O) groups excluding carboxylic acids is 1. The molecular formula is C5H9N3O. The Hall–Kier alpha value is -1.08.